The van der Waals surface area contributed by atoms with Crippen LogP contribution in [0.2, 0.25) is 5.02 Å². The van der Waals surface area contributed by atoms with Crippen LogP contribution in [-0.2, 0) is 4.79 Å². The van der Waals surface area contributed by atoms with E-state index in [1.807, 2.05) is 62.4 Å². The highest BCUT2D eigenvalue weighted by molar-refractivity contribution is 7.80. The fraction of sp³-hybridized carbons (Fsp3) is 0.0909. The third-order valence-corrected chi connectivity index (χ3v) is 4.64. The molecule has 0 atom stereocenters. The molecule has 142 valence electrons. The quantitative estimate of drug-likeness (QED) is 0.425. The van der Waals surface area contributed by atoms with E-state index in [1.54, 1.807) is 12.1 Å². The minimum Gasteiger partial charge on any atom is -0.457 e. The third-order valence-electron chi connectivity index (χ3n) is 4.03. The average Bonchev–Trinajstić information content (AvgIpc) is 3.13. The molecular formula is C22H19ClN2O2S. The van der Waals surface area contributed by atoms with Gasteiger partial charge in [0.05, 0.1) is 0 Å². The van der Waals surface area contributed by atoms with Crippen molar-refractivity contribution in [1.82, 2.24) is 5.32 Å². The van der Waals surface area contributed by atoms with E-state index in [1.165, 1.54) is 6.08 Å². The molecule has 0 aliphatic carbocycles. The maximum Gasteiger partial charge on any atom is 0.250 e. The molecule has 3 rings (SSSR count). The maximum absolute atomic E-state index is 12.0. The van der Waals surface area contributed by atoms with Gasteiger partial charge in [-0.05, 0) is 68.0 Å². The second kappa shape index (κ2) is 8.87. The fourth-order valence-corrected chi connectivity index (χ4v) is 2.85. The van der Waals surface area contributed by atoms with Crippen LogP contribution < -0.4 is 10.6 Å². The largest absolute Gasteiger partial charge is 0.457 e. The molecule has 0 radical (unpaired) electrons. The fourth-order valence-electron chi connectivity index (χ4n) is 2.45. The number of carbonyl (C=O) groups excluding carboxylic acids is 1. The molecule has 0 spiro atoms. The van der Waals surface area contributed by atoms with E-state index in [2.05, 4.69) is 10.6 Å². The molecule has 4 nitrogen and oxygen atoms in total. The number of thiocarbonyl (C=S) groups is 1. The average molecular weight is 411 g/mol. The van der Waals surface area contributed by atoms with Crippen molar-refractivity contribution < 1.29 is 9.21 Å². The summed E-state index contributed by atoms with van der Waals surface area (Å²) in [4.78, 5) is 12.0. The summed E-state index contributed by atoms with van der Waals surface area (Å²) in [5.41, 5.74) is 3.84. The van der Waals surface area contributed by atoms with E-state index >= 15 is 0 Å². The Balaban J connectivity index is 1.58. The summed E-state index contributed by atoms with van der Waals surface area (Å²) < 4.78 is 5.75. The molecule has 28 heavy (non-hydrogen) atoms. The van der Waals surface area contributed by atoms with Crippen LogP contribution in [-0.4, -0.2) is 11.0 Å². The lowest BCUT2D eigenvalue weighted by Crippen LogP contribution is -2.32. The van der Waals surface area contributed by atoms with Gasteiger partial charge in [0, 0.05) is 22.3 Å². The molecule has 0 bridgehead atoms. The van der Waals surface area contributed by atoms with Gasteiger partial charge in [-0.15, -0.1) is 0 Å². The van der Waals surface area contributed by atoms with E-state index < -0.39 is 0 Å². The Morgan fingerprint density at radius 1 is 1.07 bits per heavy atom. The van der Waals surface area contributed by atoms with Crippen LogP contribution in [0.4, 0.5) is 5.69 Å². The first-order valence-electron chi connectivity index (χ1n) is 8.64. The number of hydrogen-bond acceptors (Lipinski definition) is 3. The SMILES string of the molecule is Cc1ccc(NC(=S)NC(=O)/C=C/c2ccc(-c3ccc(C)c(Cl)c3)o2)cc1. The van der Waals surface area contributed by atoms with Gasteiger partial charge in [0.1, 0.15) is 11.5 Å². The van der Waals surface area contributed by atoms with Crippen molar-refractivity contribution >= 4 is 46.6 Å². The number of rotatable bonds is 4. The van der Waals surface area contributed by atoms with E-state index in [0.717, 1.165) is 22.4 Å². The molecule has 6 heteroatoms. The highest BCUT2D eigenvalue weighted by atomic mass is 35.5. The Morgan fingerprint density at radius 2 is 1.82 bits per heavy atom. The summed E-state index contributed by atoms with van der Waals surface area (Å²) in [7, 11) is 0. The number of hydrogen-bond donors (Lipinski definition) is 2. The van der Waals surface area contributed by atoms with Crippen LogP contribution in [0.25, 0.3) is 17.4 Å². The molecule has 2 N–H and O–H groups in total. The molecular weight excluding hydrogens is 392 g/mol. The molecule has 0 aliphatic rings. The molecule has 0 saturated heterocycles. The first-order chi connectivity index (χ1) is 13.4. The number of furan rings is 1. The molecule has 0 aliphatic heterocycles. The highest BCUT2D eigenvalue weighted by Gasteiger charge is 2.06. The van der Waals surface area contributed by atoms with E-state index in [-0.39, 0.29) is 11.0 Å². The van der Waals surface area contributed by atoms with Gasteiger partial charge < -0.3 is 9.73 Å². The second-order valence-electron chi connectivity index (χ2n) is 6.31. The number of nitrogens with one attached hydrogen (secondary N) is 2. The van der Waals surface area contributed by atoms with Gasteiger partial charge in [-0.3, -0.25) is 10.1 Å². The lowest BCUT2D eigenvalue weighted by Gasteiger charge is -2.08. The maximum atomic E-state index is 12.0. The normalized spacial score (nSPS) is 10.8. The van der Waals surface area contributed by atoms with Crippen molar-refractivity contribution in [3.8, 4) is 11.3 Å². The van der Waals surface area contributed by atoms with Crippen molar-refractivity contribution in [2.24, 2.45) is 0 Å². The minimum absolute atomic E-state index is 0.230. The highest BCUT2D eigenvalue weighted by Crippen LogP contribution is 2.27. The molecule has 0 saturated carbocycles. The summed E-state index contributed by atoms with van der Waals surface area (Å²) in [5, 5.41) is 6.47. The summed E-state index contributed by atoms with van der Waals surface area (Å²) >= 11 is 11.3. The van der Waals surface area contributed by atoms with Crippen LogP contribution in [0.15, 0.2) is 65.1 Å². The smallest absolute Gasteiger partial charge is 0.250 e. The molecule has 2 aromatic carbocycles. The number of benzene rings is 2. The second-order valence-corrected chi connectivity index (χ2v) is 7.12. The number of halogens is 1. The van der Waals surface area contributed by atoms with Crippen LogP contribution in [0.3, 0.4) is 0 Å². The Bertz CT molecular complexity index is 1040. The van der Waals surface area contributed by atoms with Crippen molar-refractivity contribution in [2.75, 3.05) is 5.32 Å². The molecule has 1 aromatic heterocycles. The first-order valence-corrected chi connectivity index (χ1v) is 9.42. The zero-order valence-corrected chi connectivity index (χ0v) is 17.0. The molecule has 3 aromatic rings. The van der Waals surface area contributed by atoms with Crippen LogP contribution in [0.5, 0.6) is 0 Å². The van der Waals surface area contributed by atoms with Crippen molar-refractivity contribution in [1.29, 1.82) is 0 Å². The zero-order chi connectivity index (χ0) is 20.1. The van der Waals surface area contributed by atoms with Gasteiger partial charge in [0.25, 0.3) is 0 Å². The van der Waals surface area contributed by atoms with Gasteiger partial charge in [0.2, 0.25) is 5.91 Å². The Morgan fingerprint density at radius 3 is 2.54 bits per heavy atom. The van der Waals surface area contributed by atoms with Crippen LogP contribution >= 0.6 is 23.8 Å². The minimum atomic E-state index is -0.346. The Labute approximate surface area is 174 Å². The number of aryl methyl sites for hydroxylation is 2. The molecule has 1 amide bonds. The van der Waals surface area contributed by atoms with E-state index in [0.29, 0.717) is 16.5 Å². The standard InChI is InChI=1S/C22H19ClN2O2S/c1-14-3-7-17(8-4-14)24-22(28)25-21(26)12-10-18-9-11-20(27-18)16-6-5-15(2)19(23)13-16/h3-13H,1-2H3,(H2,24,25,26,28)/b12-10+. The van der Waals surface area contributed by atoms with Gasteiger partial charge in [0.15, 0.2) is 5.11 Å². The van der Waals surface area contributed by atoms with E-state index in [9.17, 15) is 4.79 Å². The van der Waals surface area contributed by atoms with Gasteiger partial charge in [-0.2, -0.15) is 0 Å². The Hall–Kier alpha value is -2.89. The first kappa shape index (κ1) is 19.9. The van der Waals surface area contributed by atoms with Crippen LogP contribution in [0.1, 0.15) is 16.9 Å². The monoisotopic (exact) mass is 410 g/mol. The predicted octanol–water partition coefficient (Wildman–Crippen LogP) is 5.74. The lowest BCUT2D eigenvalue weighted by atomic mass is 10.1. The number of amides is 1. The zero-order valence-electron chi connectivity index (χ0n) is 15.5. The summed E-state index contributed by atoms with van der Waals surface area (Å²) in [6, 6.07) is 17.1. The predicted molar refractivity (Wildman–Crippen MR) is 118 cm³/mol. The molecule has 0 fully saturated rings. The van der Waals surface area contributed by atoms with Gasteiger partial charge in [-0.1, -0.05) is 41.4 Å². The topological polar surface area (TPSA) is 54.3 Å². The van der Waals surface area contributed by atoms with Crippen molar-refractivity contribution in [3.63, 3.8) is 0 Å². The summed E-state index contributed by atoms with van der Waals surface area (Å²) in [5.74, 6) is 0.888. The van der Waals surface area contributed by atoms with Crippen molar-refractivity contribution in [3.05, 3.63) is 82.6 Å². The lowest BCUT2D eigenvalue weighted by molar-refractivity contribution is -0.115. The van der Waals surface area contributed by atoms with Crippen LogP contribution in [0, 0.1) is 13.8 Å². The molecule has 1 heterocycles. The molecule has 0 unspecified atom stereocenters. The summed E-state index contributed by atoms with van der Waals surface area (Å²) in [6.07, 6.45) is 2.96. The number of carbonyl (C=O) groups is 1. The van der Waals surface area contributed by atoms with Gasteiger partial charge >= 0.3 is 0 Å². The van der Waals surface area contributed by atoms with Crippen molar-refractivity contribution in [2.45, 2.75) is 13.8 Å². The third kappa shape index (κ3) is 5.31. The summed E-state index contributed by atoms with van der Waals surface area (Å²) in [6.45, 7) is 3.95. The van der Waals surface area contributed by atoms with E-state index in [4.69, 9.17) is 28.2 Å². The van der Waals surface area contributed by atoms with Gasteiger partial charge in [-0.25, -0.2) is 0 Å². The Kier molecular flexibility index (Phi) is 6.29. The number of anilines is 1.